The summed E-state index contributed by atoms with van der Waals surface area (Å²) < 4.78 is 0. The van der Waals surface area contributed by atoms with Gasteiger partial charge >= 0.3 is 0 Å². The lowest BCUT2D eigenvalue weighted by Gasteiger charge is -2.59. The zero-order valence-corrected chi connectivity index (χ0v) is 11.3. The van der Waals surface area contributed by atoms with Crippen LogP contribution in [0.2, 0.25) is 0 Å². The van der Waals surface area contributed by atoms with Gasteiger partial charge in [-0.2, -0.15) is 0 Å². The van der Waals surface area contributed by atoms with Crippen molar-refractivity contribution >= 4 is 5.82 Å². The van der Waals surface area contributed by atoms with Crippen molar-refractivity contribution in [3.63, 3.8) is 0 Å². The maximum atomic E-state index is 11.3. The summed E-state index contributed by atoms with van der Waals surface area (Å²) in [5.41, 5.74) is 6.46. The van der Waals surface area contributed by atoms with E-state index in [2.05, 4.69) is 4.98 Å². The molecule has 102 valence electrons. The Bertz CT molecular complexity index is 471. The molecule has 4 fully saturated rings. The van der Waals surface area contributed by atoms with Gasteiger partial charge in [-0.25, -0.2) is 4.98 Å². The molecule has 4 bridgehead atoms. The number of aromatic nitrogens is 1. The van der Waals surface area contributed by atoms with E-state index in [-0.39, 0.29) is 0 Å². The van der Waals surface area contributed by atoms with Gasteiger partial charge in [0.25, 0.3) is 0 Å². The maximum absolute atomic E-state index is 11.3. The van der Waals surface area contributed by atoms with Crippen LogP contribution >= 0.6 is 0 Å². The van der Waals surface area contributed by atoms with E-state index in [4.69, 9.17) is 5.73 Å². The van der Waals surface area contributed by atoms with Crippen LogP contribution in [0.4, 0.5) is 5.82 Å². The van der Waals surface area contributed by atoms with Crippen LogP contribution in [0.1, 0.15) is 37.7 Å². The summed E-state index contributed by atoms with van der Waals surface area (Å²) in [6.07, 6.45) is 8.74. The zero-order chi connectivity index (χ0) is 13.0. The third-order valence-electron chi connectivity index (χ3n) is 5.95. The first kappa shape index (κ1) is 11.7. The summed E-state index contributed by atoms with van der Waals surface area (Å²) in [6.45, 7) is 0. The summed E-state index contributed by atoms with van der Waals surface area (Å²) in [5.74, 6) is 3.33. The van der Waals surface area contributed by atoms with E-state index in [1.54, 1.807) is 6.20 Å². The van der Waals surface area contributed by atoms with Gasteiger partial charge in [-0.3, -0.25) is 0 Å². The van der Waals surface area contributed by atoms with Crippen LogP contribution in [-0.2, 0) is 6.42 Å². The van der Waals surface area contributed by atoms with E-state index in [0.717, 1.165) is 17.4 Å². The lowest BCUT2D eigenvalue weighted by Crippen LogP contribution is -2.58. The summed E-state index contributed by atoms with van der Waals surface area (Å²) in [7, 11) is 0. The Morgan fingerprint density at radius 1 is 1.16 bits per heavy atom. The lowest BCUT2D eigenvalue weighted by atomic mass is 9.49. The minimum Gasteiger partial charge on any atom is -0.389 e. The van der Waals surface area contributed by atoms with Gasteiger partial charge in [-0.1, -0.05) is 6.07 Å². The second kappa shape index (κ2) is 3.95. The monoisotopic (exact) mass is 258 g/mol. The van der Waals surface area contributed by atoms with Crippen LogP contribution < -0.4 is 5.73 Å². The largest absolute Gasteiger partial charge is 0.389 e. The number of nitrogen functional groups attached to an aromatic ring is 1. The van der Waals surface area contributed by atoms with Crippen LogP contribution in [0, 0.1) is 23.7 Å². The Balaban J connectivity index is 1.65. The standard InChI is InChI=1S/C16H22N2O/c17-15-12(2-1-3-18-15)9-16(19)13-5-10-4-11(7-13)8-14(16)6-10/h1-3,10-11,13-14,19H,4-9H2,(H2,17,18). The number of rotatable bonds is 2. The molecule has 1 aromatic rings. The van der Waals surface area contributed by atoms with Gasteiger partial charge in [0.05, 0.1) is 5.60 Å². The minimum atomic E-state index is -0.523. The first-order valence-corrected chi connectivity index (χ1v) is 7.57. The van der Waals surface area contributed by atoms with Crippen LogP contribution in [0.15, 0.2) is 18.3 Å². The summed E-state index contributed by atoms with van der Waals surface area (Å²) in [4.78, 5) is 4.16. The molecule has 3 heteroatoms. The number of aliphatic hydroxyl groups is 1. The van der Waals surface area contributed by atoms with Crippen molar-refractivity contribution < 1.29 is 5.11 Å². The molecular formula is C16H22N2O. The molecule has 4 saturated carbocycles. The van der Waals surface area contributed by atoms with E-state index in [0.29, 0.717) is 24.1 Å². The van der Waals surface area contributed by atoms with Crippen molar-refractivity contribution in [3.8, 4) is 0 Å². The molecule has 0 spiro atoms. The molecule has 3 N–H and O–H groups in total. The third-order valence-corrected chi connectivity index (χ3v) is 5.95. The fraction of sp³-hybridized carbons (Fsp3) is 0.688. The van der Waals surface area contributed by atoms with Crippen molar-refractivity contribution in [2.75, 3.05) is 5.73 Å². The fourth-order valence-corrected chi connectivity index (χ4v) is 5.19. The molecule has 0 amide bonds. The van der Waals surface area contributed by atoms with Crippen LogP contribution in [0.25, 0.3) is 0 Å². The molecule has 0 aliphatic heterocycles. The van der Waals surface area contributed by atoms with Crippen molar-refractivity contribution in [2.45, 2.75) is 44.1 Å². The molecule has 0 atom stereocenters. The van der Waals surface area contributed by atoms with Crippen molar-refractivity contribution in [3.05, 3.63) is 23.9 Å². The van der Waals surface area contributed by atoms with E-state index in [9.17, 15) is 5.11 Å². The predicted molar refractivity (Wildman–Crippen MR) is 74.3 cm³/mol. The molecule has 1 heterocycles. The number of pyridine rings is 1. The van der Waals surface area contributed by atoms with Gasteiger partial charge < -0.3 is 10.8 Å². The first-order chi connectivity index (χ1) is 9.15. The van der Waals surface area contributed by atoms with Crippen LogP contribution in [-0.4, -0.2) is 15.7 Å². The highest BCUT2D eigenvalue weighted by Gasteiger charge is 2.56. The predicted octanol–water partition coefficient (Wildman–Crippen LogP) is 2.39. The van der Waals surface area contributed by atoms with Crippen molar-refractivity contribution in [1.82, 2.24) is 4.98 Å². The van der Waals surface area contributed by atoms with E-state index >= 15 is 0 Å². The molecule has 4 aliphatic carbocycles. The number of nitrogens with zero attached hydrogens (tertiary/aromatic N) is 1. The second-order valence-corrected chi connectivity index (χ2v) is 7.02. The molecule has 0 radical (unpaired) electrons. The normalized spacial score (nSPS) is 43.6. The topological polar surface area (TPSA) is 59.1 Å². The number of nitrogens with two attached hydrogens (primary N) is 1. The van der Waals surface area contributed by atoms with Gasteiger partial charge in [-0.05, 0) is 67.4 Å². The van der Waals surface area contributed by atoms with Gasteiger partial charge in [0, 0.05) is 12.6 Å². The quantitative estimate of drug-likeness (QED) is 0.856. The molecule has 0 saturated heterocycles. The zero-order valence-electron chi connectivity index (χ0n) is 11.3. The molecule has 4 aliphatic rings. The first-order valence-electron chi connectivity index (χ1n) is 7.57. The molecule has 19 heavy (non-hydrogen) atoms. The Hall–Kier alpha value is -1.09. The fourth-order valence-electron chi connectivity index (χ4n) is 5.19. The van der Waals surface area contributed by atoms with Crippen LogP contribution in [0.3, 0.4) is 0 Å². The lowest BCUT2D eigenvalue weighted by molar-refractivity contribution is -0.171. The Morgan fingerprint density at radius 3 is 2.37 bits per heavy atom. The Morgan fingerprint density at radius 2 is 1.79 bits per heavy atom. The Labute approximate surface area is 114 Å². The van der Waals surface area contributed by atoms with E-state index < -0.39 is 5.60 Å². The number of hydrogen-bond donors (Lipinski definition) is 2. The van der Waals surface area contributed by atoms with E-state index in [1.165, 1.54) is 32.1 Å². The van der Waals surface area contributed by atoms with Gasteiger partial charge in [0.2, 0.25) is 0 Å². The number of anilines is 1. The van der Waals surface area contributed by atoms with Gasteiger partial charge in [0.1, 0.15) is 5.82 Å². The van der Waals surface area contributed by atoms with E-state index in [1.807, 2.05) is 12.1 Å². The Kier molecular flexibility index (Phi) is 2.44. The summed E-state index contributed by atoms with van der Waals surface area (Å²) in [6, 6.07) is 3.94. The molecule has 5 rings (SSSR count). The highest BCUT2D eigenvalue weighted by Crippen LogP contribution is 2.59. The molecule has 1 aromatic heterocycles. The summed E-state index contributed by atoms with van der Waals surface area (Å²) >= 11 is 0. The molecule has 0 aromatic carbocycles. The molecule has 0 unspecified atom stereocenters. The number of hydrogen-bond acceptors (Lipinski definition) is 3. The maximum Gasteiger partial charge on any atom is 0.126 e. The second-order valence-electron chi connectivity index (χ2n) is 7.02. The van der Waals surface area contributed by atoms with Crippen LogP contribution in [0.5, 0.6) is 0 Å². The average molecular weight is 258 g/mol. The highest BCUT2D eigenvalue weighted by atomic mass is 16.3. The minimum absolute atomic E-state index is 0.489. The van der Waals surface area contributed by atoms with Gasteiger partial charge in [0.15, 0.2) is 0 Å². The summed E-state index contributed by atoms with van der Waals surface area (Å²) in [5, 5.41) is 11.3. The SMILES string of the molecule is Nc1ncccc1CC1(O)C2CC3CC(C2)CC1C3. The highest BCUT2D eigenvalue weighted by molar-refractivity contribution is 5.40. The average Bonchev–Trinajstić information content (AvgIpc) is 2.38. The van der Waals surface area contributed by atoms with Gasteiger partial charge in [-0.15, -0.1) is 0 Å². The third kappa shape index (κ3) is 1.71. The molecule has 3 nitrogen and oxygen atoms in total. The van der Waals surface area contributed by atoms with Crippen molar-refractivity contribution in [2.24, 2.45) is 23.7 Å². The molecular weight excluding hydrogens is 236 g/mol. The smallest absolute Gasteiger partial charge is 0.126 e. The van der Waals surface area contributed by atoms with Crippen molar-refractivity contribution in [1.29, 1.82) is 0 Å².